The van der Waals surface area contributed by atoms with Crippen LogP contribution in [0, 0.1) is 0 Å². The van der Waals surface area contributed by atoms with E-state index >= 15 is 0 Å². The summed E-state index contributed by atoms with van der Waals surface area (Å²) in [5.41, 5.74) is 3.00. The zero-order valence-electron chi connectivity index (χ0n) is 9.33. The van der Waals surface area contributed by atoms with Gasteiger partial charge in [0.1, 0.15) is 0 Å². The monoisotopic (exact) mass is 205 g/mol. The van der Waals surface area contributed by atoms with E-state index in [2.05, 4.69) is 29.6 Å². The van der Waals surface area contributed by atoms with Gasteiger partial charge >= 0.3 is 0 Å². The van der Waals surface area contributed by atoms with Crippen LogP contribution in [-0.4, -0.2) is 20.3 Å². The molecule has 0 fully saturated rings. The molecule has 15 heavy (non-hydrogen) atoms. The van der Waals surface area contributed by atoms with E-state index in [1.54, 1.807) is 7.11 Å². The molecule has 2 rings (SSSR count). The van der Waals surface area contributed by atoms with Crippen molar-refractivity contribution in [1.29, 1.82) is 0 Å². The van der Waals surface area contributed by atoms with Crippen LogP contribution in [0.25, 0.3) is 0 Å². The van der Waals surface area contributed by atoms with Gasteiger partial charge < -0.3 is 10.1 Å². The Kier molecular flexibility index (Phi) is 3.75. The SMILES string of the molecule is COCCCC1NCCc2ccccc21. The highest BCUT2D eigenvalue weighted by molar-refractivity contribution is 5.32. The van der Waals surface area contributed by atoms with E-state index in [1.165, 1.54) is 17.5 Å². The van der Waals surface area contributed by atoms with Gasteiger partial charge in [-0.15, -0.1) is 0 Å². The Balaban J connectivity index is 2.02. The zero-order valence-corrected chi connectivity index (χ0v) is 9.33. The van der Waals surface area contributed by atoms with Crippen LogP contribution in [0.2, 0.25) is 0 Å². The number of rotatable bonds is 4. The molecule has 1 aromatic rings. The zero-order chi connectivity index (χ0) is 10.5. The molecule has 0 aromatic heterocycles. The molecule has 0 amide bonds. The standard InChI is InChI=1S/C13H19NO/c1-15-10-4-7-13-12-6-3-2-5-11(12)8-9-14-13/h2-3,5-6,13-14H,4,7-10H2,1H3. The van der Waals surface area contributed by atoms with Crippen molar-refractivity contribution in [3.63, 3.8) is 0 Å². The van der Waals surface area contributed by atoms with Crippen molar-refractivity contribution in [2.75, 3.05) is 20.3 Å². The lowest BCUT2D eigenvalue weighted by molar-refractivity contribution is 0.188. The molecule has 1 aliphatic heterocycles. The van der Waals surface area contributed by atoms with Crippen molar-refractivity contribution >= 4 is 0 Å². The number of methoxy groups -OCH3 is 1. The molecule has 2 heteroatoms. The minimum Gasteiger partial charge on any atom is -0.385 e. The molecule has 0 saturated heterocycles. The van der Waals surface area contributed by atoms with E-state index in [-0.39, 0.29) is 0 Å². The molecular weight excluding hydrogens is 186 g/mol. The molecule has 1 unspecified atom stereocenters. The lowest BCUT2D eigenvalue weighted by atomic mass is 9.92. The van der Waals surface area contributed by atoms with Crippen LogP contribution >= 0.6 is 0 Å². The van der Waals surface area contributed by atoms with Gasteiger partial charge in [0.2, 0.25) is 0 Å². The first kappa shape index (κ1) is 10.7. The summed E-state index contributed by atoms with van der Waals surface area (Å²) in [6, 6.07) is 9.30. The van der Waals surface area contributed by atoms with Crippen molar-refractivity contribution in [3.05, 3.63) is 35.4 Å². The van der Waals surface area contributed by atoms with Crippen LogP contribution in [0.3, 0.4) is 0 Å². The van der Waals surface area contributed by atoms with Gasteiger partial charge in [-0.3, -0.25) is 0 Å². The summed E-state index contributed by atoms with van der Waals surface area (Å²) in [6.45, 7) is 1.97. The predicted octanol–water partition coefficient (Wildman–Crippen LogP) is 2.30. The fourth-order valence-corrected chi connectivity index (χ4v) is 2.28. The maximum absolute atomic E-state index is 5.09. The molecule has 2 nitrogen and oxygen atoms in total. The Labute approximate surface area is 91.6 Å². The molecule has 1 N–H and O–H groups in total. The second kappa shape index (κ2) is 5.29. The fourth-order valence-electron chi connectivity index (χ4n) is 2.28. The van der Waals surface area contributed by atoms with E-state index in [0.29, 0.717) is 6.04 Å². The van der Waals surface area contributed by atoms with Crippen LogP contribution < -0.4 is 5.32 Å². The minimum absolute atomic E-state index is 0.532. The summed E-state index contributed by atoms with van der Waals surface area (Å²) in [5.74, 6) is 0. The number of ether oxygens (including phenoxy) is 1. The molecule has 1 heterocycles. The third-order valence-corrected chi connectivity index (χ3v) is 3.06. The summed E-state index contributed by atoms with van der Waals surface area (Å²) in [4.78, 5) is 0. The summed E-state index contributed by atoms with van der Waals surface area (Å²) in [6.07, 6.45) is 3.46. The highest BCUT2D eigenvalue weighted by Gasteiger charge is 2.17. The van der Waals surface area contributed by atoms with Gasteiger partial charge in [0.25, 0.3) is 0 Å². The molecule has 82 valence electrons. The third kappa shape index (κ3) is 2.58. The lowest BCUT2D eigenvalue weighted by Crippen LogP contribution is -2.29. The van der Waals surface area contributed by atoms with Gasteiger partial charge in [-0.05, 0) is 36.9 Å². The topological polar surface area (TPSA) is 21.3 Å². The Morgan fingerprint density at radius 2 is 2.27 bits per heavy atom. The lowest BCUT2D eigenvalue weighted by Gasteiger charge is -2.26. The molecule has 0 bridgehead atoms. The van der Waals surface area contributed by atoms with Crippen molar-refractivity contribution in [2.24, 2.45) is 0 Å². The number of nitrogens with one attached hydrogen (secondary N) is 1. The van der Waals surface area contributed by atoms with Gasteiger partial charge in [-0.2, -0.15) is 0 Å². The number of hydrogen-bond acceptors (Lipinski definition) is 2. The minimum atomic E-state index is 0.532. The van der Waals surface area contributed by atoms with Crippen LogP contribution in [0.15, 0.2) is 24.3 Å². The third-order valence-electron chi connectivity index (χ3n) is 3.06. The molecule has 1 aliphatic rings. The van der Waals surface area contributed by atoms with Crippen LogP contribution in [-0.2, 0) is 11.2 Å². The Morgan fingerprint density at radius 1 is 1.40 bits per heavy atom. The Bertz CT molecular complexity index is 311. The maximum atomic E-state index is 5.09. The highest BCUT2D eigenvalue weighted by Crippen LogP contribution is 2.25. The molecule has 0 saturated carbocycles. The summed E-state index contributed by atoms with van der Waals surface area (Å²) in [5, 5.41) is 3.58. The van der Waals surface area contributed by atoms with Crippen LogP contribution in [0.5, 0.6) is 0 Å². The van der Waals surface area contributed by atoms with E-state index in [0.717, 1.165) is 26.0 Å². The van der Waals surface area contributed by atoms with E-state index in [4.69, 9.17) is 4.74 Å². The van der Waals surface area contributed by atoms with Crippen molar-refractivity contribution < 1.29 is 4.74 Å². The van der Waals surface area contributed by atoms with Crippen molar-refractivity contribution in [2.45, 2.75) is 25.3 Å². The average molecular weight is 205 g/mol. The molecule has 0 aliphatic carbocycles. The second-order valence-corrected chi connectivity index (χ2v) is 4.09. The molecule has 1 aromatic carbocycles. The first-order valence-electron chi connectivity index (χ1n) is 5.72. The smallest absolute Gasteiger partial charge is 0.0462 e. The van der Waals surface area contributed by atoms with Gasteiger partial charge in [0, 0.05) is 19.8 Å². The quantitative estimate of drug-likeness (QED) is 0.762. The number of fused-ring (bicyclic) bond motifs is 1. The second-order valence-electron chi connectivity index (χ2n) is 4.09. The Hall–Kier alpha value is -0.860. The van der Waals surface area contributed by atoms with Crippen molar-refractivity contribution in [3.8, 4) is 0 Å². The van der Waals surface area contributed by atoms with Crippen molar-refractivity contribution in [1.82, 2.24) is 5.32 Å². The van der Waals surface area contributed by atoms with Gasteiger partial charge in [0.15, 0.2) is 0 Å². The van der Waals surface area contributed by atoms with Gasteiger partial charge in [0.05, 0.1) is 0 Å². The summed E-state index contributed by atoms with van der Waals surface area (Å²) >= 11 is 0. The van der Waals surface area contributed by atoms with Crippen LogP contribution in [0.1, 0.15) is 30.0 Å². The number of benzene rings is 1. The maximum Gasteiger partial charge on any atom is 0.0462 e. The van der Waals surface area contributed by atoms with E-state index in [1.807, 2.05) is 0 Å². The van der Waals surface area contributed by atoms with E-state index < -0.39 is 0 Å². The normalized spacial score (nSPS) is 19.9. The Morgan fingerprint density at radius 3 is 3.13 bits per heavy atom. The average Bonchev–Trinajstić information content (AvgIpc) is 2.30. The largest absolute Gasteiger partial charge is 0.385 e. The number of hydrogen-bond donors (Lipinski definition) is 1. The first-order chi connectivity index (χ1) is 7.42. The van der Waals surface area contributed by atoms with Gasteiger partial charge in [-0.1, -0.05) is 24.3 Å². The summed E-state index contributed by atoms with van der Waals surface area (Å²) in [7, 11) is 1.77. The first-order valence-corrected chi connectivity index (χ1v) is 5.72. The summed E-state index contributed by atoms with van der Waals surface area (Å²) < 4.78 is 5.09. The molecule has 1 atom stereocenters. The molecule has 0 radical (unpaired) electrons. The van der Waals surface area contributed by atoms with E-state index in [9.17, 15) is 0 Å². The van der Waals surface area contributed by atoms with Crippen LogP contribution in [0.4, 0.5) is 0 Å². The molecular formula is C13H19NO. The fraction of sp³-hybridized carbons (Fsp3) is 0.538. The predicted molar refractivity (Wildman–Crippen MR) is 62.0 cm³/mol. The molecule has 0 spiro atoms. The van der Waals surface area contributed by atoms with Gasteiger partial charge in [-0.25, -0.2) is 0 Å². The highest BCUT2D eigenvalue weighted by atomic mass is 16.5.